The fourth-order valence-corrected chi connectivity index (χ4v) is 2.49. The van der Waals surface area contributed by atoms with Crippen LogP contribution in [0.1, 0.15) is 11.3 Å². The van der Waals surface area contributed by atoms with E-state index in [1.165, 1.54) is 5.56 Å². The van der Waals surface area contributed by atoms with Crippen molar-refractivity contribution in [3.63, 3.8) is 0 Å². The van der Waals surface area contributed by atoms with Gasteiger partial charge in [-0.3, -0.25) is 0 Å². The van der Waals surface area contributed by atoms with Crippen LogP contribution < -0.4 is 0 Å². The maximum absolute atomic E-state index is 4.59. The summed E-state index contributed by atoms with van der Waals surface area (Å²) in [7, 11) is 0. The van der Waals surface area contributed by atoms with Gasteiger partial charge in [0.05, 0.1) is 5.69 Å². The summed E-state index contributed by atoms with van der Waals surface area (Å²) in [6.07, 6.45) is 6.50. The maximum Gasteiger partial charge on any atom is 0.175 e. The molecule has 0 amide bonds. The standard InChI is InChI=1S/C14H13N6.W/c1-10-9-12(11-3-6-15-14(11)17-10)19-8-4-13(18-19)20-7-2-5-16-20;/h2,4-5,7-9H,3,6H2,1H3;/q-1;. The molecule has 1 aliphatic rings. The van der Waals surface area contributed by atoms with Crippen molar-refractivity contribution < 1.29 is 21.1 Å². The predicted molar refractivity (Wildman–Crippen MR) is 74.8 cm³/mol. The Morgan fingerprint density at radius 3 is 2.95 bits per heavy atom. The Morgan fingerprint density at radius 2 is 2.14 bits per heavy atom. The molecule has 0 bridgehead atoms. The fraction of sp³-hybridized carbons (Fsp3) is 0.214. The number of aryl methyl sites for hydroxylation is 1. The Hall–Kier alpha value is -1.94. The summed E-state index contributed by atoms with van der Waals surface area (Å²) in [5.74, 6) is 1.66. The Morgan fingerprint density at radius 1 is 1.24 bits per heavy atom. The van der Waals surface area contributed by atoms with Gasteiger partial charge in [0, 0.05) is 45.7 Å². The van der Waals surface area contributed by atoms with Gasteiger partial charge in [-0.05, 0) is 37.6 Å². The van der Waals surface area contributed by atoms with Crippen molar-refractivity contribution in [1.82, 2.24) is 24.5 Å². The van der Waals surface area contributed by atoms with Crippen molar-refractivity contribution in [3.8, 4) is 11.5 Å². The molecule has 3 aromatic rings. The van der Waals surface area contributed by atoms with E-state index in [0.717, 1.165) is 36.0 Å². The van der Waals surface area contributed by atoms with Crippen LogP contribution in [0.25, 0.3) is 16.8 Å². The van der Waals surface area contributed by atoms with Gasteiger partial charge in [-0.2, -0.15) is 5.10 Å². The van der Waals surface area contributed by atoms with Crippen molar-refractivity contribution in [2.24, 2.45) is 0 Å². The van der Waals surface area contributed by atoms with E-state index in [0.29, 0.717) is 0 Å². The zero-order chi connectivity index (χ0) is 13.5. The van der Waals surface area contributed by atoms with Crippen LogP contribution in [0.5, 0.6) is 0 Å². The molecule has 0 radical (unpaired) electrons. The molecule has 4 rings (SSSR count). The van der Waals surface area contributed by atoms with E-state index in [1.54, 1.807) is 10.9 Å². The summed E-state index contributed by atoms with van der Waals surface area (Å²) in [5, 5.41) is 13.2. The summed E-state index contributed by atoms with van der Waals surface area (Å²) in [6.45, 7) is 2.79. The Labute approximate surface area is 136 Å². The van der Waals surface area contributed by atoms with E-state index in [4.69, 9.17) is 0 Å². The number of nitrogens with zero attached hydrogens (tertiary/aromatic N) is 6. The smallest absolute Gasteiger partial charge is 0.175 e. The molecule has 0 aromatic carbocycles. The largest absolute Gasteiger partial charge is 0.465 e. The van der Waals surface area contributed by atoms with Gasteiger partial charge in [0.2, 0.25) is 0 Å². The summed E-state index contributed by atoms with van der Waals surface area (Å²) < 4.78 is 3.63. The molecule has 0 atom stereocenters. The summed E-state index contributed by atoms with van der Waals surface area (Å²) in [5.41, 5.74) is 3.19. The second-order valence-electron chi connectivity index (χ2n) is 4.79. The van der Waals surface area contributed by atoms with Gasteiger partial charge in [-0.15, -0.1) is 5.10 Å². The first-order valence-corrected chi connectivity index (χ1v) is 6.55. The zero-order valence-corrected chi connectivity index (χ0v) is 14.4. The van der Waals surface area contributed by atoms with Gasteiger partial charge in [-0.1, -0.05) is 11.5 Å². The van der Waals surface area contributed by atoms with Gasteiger partial charge in [0.15, 0.2) is 5.82 Å². The Kier molecular flexibility index (Phi) is 3.64. The van der Waals surface area contributed by atoms with Crippen LogP contribution in [-0.2, 0) is 27.5 Å². The third-order valence-corrected chi connectivity index (χ3v) is 3.39. The second-order valence-corrected chi connectivity index (χ2v) is 4.79. The first-order valence-electron chi connectivity index (χ1n) is 6.55. The van der Waals surface area contributed by atoms with Gasteiger partial charge < -0.3 is 10.3 Å². The molecule has 0 N–H and O–H groups in total. The number of pyridine rings is 1. The van der Waals surface area contributed by atoms with Crippen LogP contribution >= 0.6 is 0 Å². The SMILES string of the molecule is Cc1cc(-n2ccc(-n3cccn3)n2)c2c(n1)[N-]CC2.[W]. The van der Waals surface area contributed by atoms with Gasteiger partial charge in [-0.25, -0.2) is 9.36 Å². The van der Waals surface area contributed by atoms with Crippen LogP contribution in [0.15, 0.2) is 36.8 Å². The zero-order valence-electron chi connectivity index (χ0n) is 11.5. The van der Waals surface area contributed by atoms with E-state index in [1.807, 2.05) is 36.1 Å². The van der Waals surface area contributed by atoms with Crippen LogP contribution in [0.4, 0.5) is 5.82 Å². The van der Waals surface area contributed by atoms with Crippen molar-refractivity contribution in [1.29, 1.82) is 0 Å². The van der Waals surface area contributed by atoms with Crippen molar-refractivity contribution in [2.45, 2.75) is 13.3 Å². The average Bonchev–Trinajstić information content (AvgIpc) is 3.18. The molecular formula is C14H13N6W-. The molecule has 0 saturated heterocycles. The van der Waals surface area contributed by atoms with Crippen LogP contribution in [0.3, 0.4) is 0 Å². The molecule has 1 aliphatic heterocycles. The molecule has 6 nitrogen and oxygen atoms in total. The molecule has 0 saturated carbocycles. The fourth-order valence-electron chi connectivity index (χ4n) is 2.49. The number of fused-ring (bicyclic) bond motifs is 1. The minimum absolute atomic E-state index is 0. The minimum atomic E-state index is 0. The maximum atomic E-state index is 4.59. The molecule has 4 heterocycles. The van der Waals surface area contributed by atoms with E-state index < -0.39 is 0 Å². The van der Waals surface area contributed by atoms with Crippen molar-refractivity contribution in [2.75, 3.05) is 6.54 Å². The van der Waals surface area contributed by atoms with Gasteiger partial charge >= 0.3 is 0 Å². The number of aromatic nitrogens is 5. The first-order chi connectivity index (χ1) is 9.81. The van der Waals surface area contributed by atoms with Crippen LogP contribution in [0, 0.1) is 6.92 Å². The second kappa shape index (κ2) is 5.45. The molecule has 3 aromatic heterocycles. The van der Waals surface area contributed by atoms with E-state index in [9.17, 15) is 0 Å². The Balaban J connectivity index is 0.00000132. The number of hydrogen-bond donors (Lipinski definition) is 0. The molecule has 7 heteroatoms. The summed E-state index contributed by atoms with van der Waals surface area (Å²) in [4.78, 5) is 4.47. The molecule has 106 valence electrons. The molecule has 0 unspecified atom stereocenters. The van der Waals surface area contributed by atoms with E-state index >= 15 is 0 Å². The van der Waals surface area contributed by atoms with Crippen molar-refractivity contribution >= 4 is 5.82 Å². The monoisotopic (exact) mass is 449 g/mol. The molecule has 0 aliphatic carbocycles. The van der Waals surface area contributed by atoms with Crippen LogP contribution in [-0.4, -0.2) is 31.1 Å². The molecule has 0 spiro atoms. The van der Waals surface area contributed by atoms with Gasteiger partial charge in [0.25, 0.3) is 0 Å². The third-order valence-electron chi connectivity index (χ3n) is 3.39. The first kappa shape index (κ1) is 14.0. The molecule has 0 fully saturated rings. The summed E-state index contributed by atoms with van der Waals surface area (Å²) in [6, 6.07) is 5.88. The topological polar surface area (TPSA) is 62.6 Å². The normalized spacial score (nSPS) is 12.6. The molecule has 21 heavy (non-hydrogen) atoms. The molecular weight excluding hydrogens is 436 g/mol. The average molecular weight is 449 g/mol. The van der Waals surface area contributed by atoms with E-state index in [-0.39, 0.29) is 21.1 Å². The van der Waals surface area contributed by atoms with Crippen LogP contribution in [0.2, 0.25) is 0 Å². The predicted octanol–water partition coefficient (Wildman–Crippen LogP) is 2.32. The minimum Gasteiger partial charge on any atom is -0.465 e. The number of rotatable bonds is 2. The quantitative estimate of drug-likeness (QED) is 0.604. The van der Waals surface area contributed by atoms with E-state index in [2.05, 4.69) is 26.6 Å². The number of hydrogen-bond acceptors (Lipinski definition) is 3. The van der Waals surface area contributed by atoms with Gasteiger partial charge in [0.1, 0.15) is 0 Å². The third kappa shape index (κ3) is 2.40. The van der Waals surface area contributed by atoms with Crippen molar-refractivity contribution in [3.05, 3.63) is 53.4 Å². The Bertz CT molecular complexity index is 762. The summed E-state index contributed by atoms with van der Waals surface area (Å²) >= 11 is 0.